The number of aromatic nitrogens is 2. The van der Waals surface area contributed by atoms with Gasteiger partial charge < -0.3 is 5.32 Å². The van der Waals surface area contributed by atoms with Gasteiger partial charge in [0.15, 0.2) is 0 Å². The highest BCUT2D eigenvalue weighted by molar-refractivity contribution is 7.89. The number of benzene rings is 1. The fourth-order valence-corrected chi connectivity index (χ4v) is 5.38. The highest BCUT2D eigenvalue weighted by Gasteiger charge is 2.33. The summed E-state index contributed by atoms with van der Waals surface area (Å²) >= 11 is 0. The molecule has 2 aromatic rings. The zero-order chi connectivity index (χ0) is 20.5. The van der Waals surface area contributed by atoms with Crippen molar-refractivity contribution in [2.75, 3.05) is 18.4 Å². The standard InChI is InChI=1S/C20H28N4O3S/c1-14-5-7-18(8-6-14)21-19(25)13-24-17(4)20(16(3)22-24)28(26,27)23-11-9-15(2)10-12-23/h5-8,15H,9-13H2,1-4H3,(H,21,25). The largest absolute Gasteiger partial charge is 0.324 e. The first-order chi connectivity index (χ1) is 13.2. The van der Waals surface area contributed by atoms with E-state index in [0.29, 0.717) is 36.1 Å². The second kappa shape index (κ2) is 8.05. The van der Waals surface area contributed by atoms with E-state index in [9.17, 15) is 13.2 Å². The van der Waals surface area contributed by atoms with E-state index in [1.54, 1.807) is 18.2 Å². The van der Waals surface area contributed by atoms with Gasteiger partial charge in [0.05, 0.1) is 11.4 Å². The summed E-state index contributed by atoms with van der Waals surface area (Å²) in [5, 5.41) is 7.15. The van der Waals surface area contributed by atoms with Gasteiger partial charge in [-0.2, -0.15) is 9.40 Å². The Bertz CT molecular complexity index is 956. The topological polar surface area (TPSA) is 84.3 Å². The molecule has 1 fully saturated rings. The Balaban J connectivity index is 1.77. The lowest BCUT2D eigenvalue weighted by Crippen LogP contribution is -2.38. The van der Waals surface area contributed by atoms with Crippen LogP contribution < -0.4 is 5.32 Å². The highest BCUT2D eigenvalue weighted by atomic mass is 32.2. The summed E-state index contributed by atoms with van der Waals surface area (Å²) in [5.41, 5.74) is 2.74. The summed E-state index contributed by atoms with van der Waals surface area (Å²) in [7, 11) is -3.61. The third-order valence-electron chi connectivity index (χ3n) is 5.28. The fourth-order valence-electron chi connectivity index (χ4n) is 3.54. The molecule has 1 aliphatic rings. The van der Waals surface area contributed by atoms with Crippen LogP contribution in [0.2, 0.25) is 0 Å². The van der Waals surface area contributed by atoms with Crippen LogP contribution in [0.4, 0.5) is 5.69 Å². The Labute approximate surface area is 166 Å². The number of sulfonamides is 1. The molecule has 1 aliphatic heterocycles. The summed E-state index contributed by atoms with van der Waals surface area (Å²) in [4.78, 5) is 12.6. The minimum Gasteiger partial charge on any atom is -0.324 e. The van der Waals surface area contributed by atoms with Crippen molar-refractivity contribution in [3.63, 3.8) is 0 Å². The Morgan fingerprint density at radius 2 is 1.75 bits per heavy atom. The average molecular weight is 405 g/mol. The molecule has 28 heavy (non-hydrogen) atoms. The second-order valence-electron chi connectivity index (χ2n) is 7.66. The van der Waals surface area contributed by atoms with Crippen LogP contribution in [0.25, 0.3) is 0 Å². The van der Waals surface area contributed by atoms with Crippen LogP contribution in [0, 0.1) is 26.7 Å². The van der Waals surface area contributed by atoms with Gasteiger partial charge in [-0.3, -0.25) is 9.48 Å². The summed E-state index contributed by atoms with van der Waals surface area (Å²) < 4.78 is 29.3. The van der Waals surface area contributed by atoms with Crippen molar-refractivity contribution in [2.24, 2.45) is 5.92 Å². The summed E-state index contributed by atoms with van der Waals surface area (Å²) in [6.07, 6.45) is 1.73. The molecule has 0 saturated carbocycles. The molecule has 8 heteroatoms. The zero-order valence-corrected chi connectivity index (χ0v) is 17.7. The van der Waals surface area contributed by atoms with Crippen molar-refractivity contribution in [3.05, 3.63) is 41.2 Å². The Morgan fingerprint density at radius 1 is 1.14 bits per heavy atom. The number of nitrogens with one attached hydrogen (secondary N) is 1. The number of carbonyl (C=O) groups excluding carboxylic acids is 1. The fraction of sp³-hybridized carbons (Fsp3) is 0.500. The lowest BCUT2D eigenvalue weighted by atomic mass is 10.0. The number of rotatable bonds is 5. The van der Waals surface area contributed by atoms with E-state index < -0.39 is 10.0 Å². The summed E-state index contributed by atoms with van der Waals surface area (Å²) in [5.74, 6) is 0.298. The van der Waals surface area contributed by atoms with Crippen molar-refractivity contribution in [3.8, 4) is 0 Å². The summed E-state index contributed by atoms with van der Waals surface area (Å²) in [6, 6.07) is 7.51. The van der Waals surface area contributed by atoms with Gasteiger partial charge in [-0.25, -0.2) is 8.42 Å². The van der Waals surface area contributed by atoms with Crippen molar-refractivity contribution in [1.82, 2.24) is 14.1 Å². The molecule has 0 aliphatic carbocycles. The molecule has 0 radical (unpaired) electrons. The molecule has 0 bridgehead atoms. The molecular weight excluding hydrogens is 376 g/mol. The number of hydrogen-bond acceptors (Lipinski definition) is 4. The van der Waals surface area contributed by atoms with Crippen molar-refractivity contribution < 1.29 is 13.2 Å². The molecule has 1 amide bonds. The molecule has 1 aromatic heterocycles. The van der Waals surface area contributed by atoms with Crippen LogP contribution in [0.1, 0.15) is 36.7 Å². The van der Waals surface area contributed by atoms with Crippen molar-refractivity contribution in [2.45, 2.75) is 52.0 Å². The maximum absolute atomic E-state index is 13.1. The molecule has 0 atom stereocenters. The quantitative estimate of drug-likeness (QED) is 0.830. The SMILES string of the molecule is Cc1ccc(NC(=O)Cn2nc(C)c(S(=O)(=O)N3CCC(C)CC3)c2C)cc1. The van der Waals surface area contributed by atoms with Crippen LogP contribution >= 0.6 is 0 Å². The number of piperidine rings is 1. The molecular formula is C20H28N4O3S. The van der Waals surface area contributed by atoms with Gasteiger partial charge in [0.1, 0.15) is 11.4 Å². The van der Waals surface area contributed by atoms with Gasteiger partial charge in [0.25, 0.3) is 0 Å². The third kappa shape index (κ3) is 4.28. The number of nitrogens with zero attached hydrogens (tertiary/aromatic N) is 3. The monoisotopic (exact) mass is 404 g/mol. The zero-order valence-electron chi connectivity index (χ0n) is 16.9. The van der Waals surface area contributed by atoms with Gasteiger partial charge in [-0.15, -0.1) is 0 Å². The average Bonchev–Trinajstić information content (AvgIpc) is 2.91. The van der Waals surface area contributed by atoms with Gasteiger partial charge in [0, 0.05) is 18.8 Å². The molecule has 2 heterocycles. The first kappa shape index (κ1) is 20.5. The lowest BCUT2D eigenvalue weighted by Gasteiger charge is -2.29. The van der Waals surface area contributed by atoms with Crippen LogP contribution in [-0.2, 0) is 21.4 Å². The van der Waals surface area contributed by atoms with E-state index in [0.717, 1.165) is 18.4 Å². The predicted molar refractivity (Wildman–Crippen MR) is 109 cm³/mol. The first-order valence-corrected chi connectivity index (χ1v) is 11.0. The van der Waals surface area contributed by atoms with Crippen LogP contribution in [0.15, 0.2) is 29.2 Å². The van der Waals surface area contributed by atoms with Crippen LogP contribution in [0.5, 0.6) is 0 Å². The lowest BCUT2D eigenvalue weighted by molar-refractivity contribution is -0.116. The van der Waals surface area contributed by atoms with Crippen LogP contribution in [0.3, 0.4) is 0 Å². The van der Waals surface area contributed by atoms with E-state index in [1.807, 2.05) is 31.2 Å². The number of hydrogen-bond donors (Lipinski definition) is 1. The Morgan fingerprint density at radius 3 is 2.36 bits per heavy atom. The normalized spacial score (nSPS) is 16.3. The van der Waals surface area contributed by atoms with E-state index in [2.05, 4.69) is 17.3 Å². The number of amides is 1. The third-order valence-corrected chi connectivity index (χ3v) is 7.44. The molecule has 7 nitrogen and oxygen atoms in total. The summed E-state index contributed by atoms with van der Waals surface area (Å²) in [6.45, 7) is 8.53. The van der Waals surface area contributed by atoms with E-state index in [1.165, 1.54) is 4.68 Å². The number of aryl methyl sites for hydroxylation is 2. The Kier molecular flexibility index (Phi) is 5.90. The molecule has 3 rings (SSSR count). The molecule has 1 N–H and O–H groups in total. The first-order valence-electron chi connectivity index (χ1n) is 9.59. The van der Waals surface area contributed by atoms with E-state index in [-0.39, 0.29) is 17.3 Å². The van der Waals surface area contributed by atoms with Gasteiger partial charge in [0.2, 0.25) is 15.9 Å². The second-order valence-corrected chi connectivity index (χ2v) is 9.53. The molecule has 0 spiro atoms. The van der Waals surface area contributed by atoms with Gasteiger partial charge in [-0.05, 0) is 51.7 Å². The highest BCUT2D eigenvalue weighted by Crippen LogP contribution is 2.27. The maximum Gasteiger partial charge on any atom is 0.246 e. The molecule has 1 aromatic carbocycles. The number of anilines is 1. The van der Waals surface area contributed by atoms with E-state index in [4.69, 9.17) is 0 Å². The molecule has 152 valence electrons. The smallest absolute Gasteiger partial charge is 0.246 e. The van der Waals surface area contributed by atoms with Gasteiger partial charge in [-0.1, -0.05) is 24.6 Å². The van der Waals surface area contributed by atoms with Crippen LogP contribution in [-0.4, -0.2) is 41.5 Å². The van der Waals surface area contributed by atoms with Gasteiger partial charge >= 0.3 is 0 Å². The Hall–Kier alpha value is -2.19. The molecule has 0 unspecified atom stereocenters. The minimum atomic E-state index is -3.61. The minimum absolute atomic E-state index is 0.0346. The maximum atomic E-state index is 13.1. The van der Waals surface area contributed by atoms with E-state index >= 15 is 0 Å². The molecule has 1 saturated heterocycles. The van der Waals surface area contributed by atoms with Crippen molar-refractivity contribution >= 4 is 21.6 Å². The van der Waals surface area contributed by atoms with Crippen molar-refractivity contribution in [1.29, 1.82) is 0 Å². The predicted octanol–water partition coefficient (Wildman–Crippen LogP) is 2.87. The number of carbonyl (C=O) groups is 1.